The fourth-order valence-corrected chi connectivity index (χ4v) is 7.13. The van der Waals surface area contributed by atoms with Crippen LogP contribution in [0.5, 0.6) is 0 Å². The third kappa shape index (κ3) is 1.89. The summed E-state index contributed by atoms with van der Waals surface area (Å²) in [7, 11) is 1.47. The molecule has 0 amide bonds. The van der Waals surface area contributed by atoms with Crippen molar-refractivity contribution in [3.63, 3.8) is 0 Å². The van der Waals surface area contributed by atoms with Gasteiger partial charge in [0.25, 0.3) is 0 Å². The number of benzene rings is 1. The minimum atomic E-state index is -0.363. The highest BCUT2D eigenvalue weighted by Gasteiger charge is 2.72. The van der Waals surface area contributed by atoms with E-state index in [9.17, 15) is 4.79 Å². The lowest BCUT2D eigenvalue weighted by Crippen LogP contribution is -2.55. The lowest BCUT2D eigenvalue weighted by atomic mass is 9.79. The molecule has 1 aliphatic carbocycles. The molecule has 26 heavy (non-hydrogen) atoms. The lowest BCUT2D eigenvalue weighted by molar-refractivity contribution is -0.148. The summed E-state index contributed by atoms with van der Waals surface area (Å²) in [5.41, 5.74) is 1.90. The van der Waals surface area contributed by atoms with Gasteiger partial charge in [-0.1, -0.05) is 51.1 Å². The number of amidine groups is 1. The number of fused-ring (bicyclic) bond motifs is 4. The number of hydrogen-bond donors (Lipinski definition) is 1. The van der Waals surface area contributed by atoms with E-state index in [4.69, 9.17) is 10.1 Å². The van der Waals surface area contributed by atoms with Gasteiger partial charge < -0.3 is 9.64 Å². The quantitative estimate of drug-likeness (QED) is 0.483. The molecule has 5 nitrogen and oxygen atoms in total. The van der Waals surface area contributed by atoms with Crippen molar-refractivity contribution in [2.75, 3.05) is 12.0 Å². The highest BCUT2D eigenvalue weighted by atomic mass is 79.9. The van der Waals surface area contributed by atoms with E-state index in [-0.39, 0.29) is 28.0 Å². The zero-order valence-corrected chi connectivity index (χ0v) is 17.8. The van der Waals surface area contributed by atoms with Gasteiger partial charge in [0.15, 0.2) is 0 Å². The molecule has 3 heterocycles. The Kier molecular flexibility index (Phi) is 3.67. The first-order valence-electron chi connectivity index (χ1n) is 9.17. The van der Waals surface area contributed by atoms with Gasteiger partial charge in [0.2, 0.25) is 0 Å². The summed E-state index contributed by atoms with van der Waals surface area (Å²) >= 11 is 7.62. The second kappa shape index (κ2) is 5.55. The van der Waals surface area contributed by atoms with Crippen LogP contribution in [-0.4, -0.2) is 41.6 Å². The highest BCUT2D eigenvalue weighted by molar-refractivity contribution is 9.10. The van der Waals surface area contributed by atoms with Crippen molar-refractivity contribution in [1.82, 2.24) is 4.90 Å². The molecule has 1 saturated carbocycles. The lowest BCUT2D eigenvalue weighted by Gasteiger charge is -2.42. The Morgan fingerprint density at radius 1 is 1.31 bits per heavy atom. The van der Waals surface area contributed by atoms with Gasteiger partial charge in [0, 0.05) is 10.2 Å². The summed E-state index contributed by atoms with van der Waals surface area (Å²) in [5, 5.41) is 9.13. The maximum Gasteiger partial charge on any atom is 0.323 e. The van der Waals surface area contributed by atoms with E-state index < -0.39 is 0 Å². The van der Waals surface area contributed by atoms with Crippen molar-refractivity contribution in [3.05, 3.63) is 28.2 Å². The van der Waals surface area contributed by atoms with Gasteiger partial charge in [-0.3, -0.25) is 15.1 Å². The van der Waals surface area contributed by atoms with Crippen LogP contribution in [-0.2, 0) is 13.9 Å². The first-order valence-corrected chi connectivity index (χ1v) is 10.8. The van der Waals surface area contributed by atoms with Gasteiger partial charge in [0.05, 0.1) is 17.0 Å². The summed E-state index contributed by atoms with van der Waals surface area (Å²) in [5.74, 6) is 0.468. The molecule has 2 saturated heterocycles. The Hall–Kier alpha value is -0.920. The molecule has 4 aliphatic rings. The van der Waals surface area contributed by atoms with Crippen LogP contribution in [0.15, 0.2) is 22.7 Å². The van der Waals surface area contributed by atoms with Gasteiger partial charge in [-0.15, -0.1) is 0 Å². The minimum absolute atomic E-state index is 0.0403. The molecule has 5 rings (SSSR count). The van der Waals surface area contributed by atoms with Crippen LogP contribution in [0.2, 0.25) is 0 Å². The van der Waals surface area contributed by atoms with Crippen molar-refractivity contribution in [3.8, 4) is 0 Å². The molecule has 1 spiro atoms. The molecule has 0 radical (unpaired) electrons. The fourth-order valence-electron chi connectivity index (χ4n) is 5.72. The number of nitrogens with one attached hydrogen (secondary N) is 1. The van der Waals surface area contributed by atoms with E-state index in [1.165, 1.54) is 13.5 Å². The van der Waals surface area contributed by atoms with E-state index in [1.807, 2.05) is 6.07 Å². The Morgan fingerprint density at radius 2 is 2.04 bits per heavy atom. The zero-order valence-electron chi connectivity index (χ0n) is 14.6. The van der Waals surface area contributed by atoms with Gasteiger partial charge in [-0.05, 0) is 43.0 Å². The number of hydrogen-bond acceptors (Lipinski definition) is 4. The molecule has 1 aromatic rings. The smallest absolute Gasteiger partial charge is 0.323 e. The third-order valence-corrected chi connectivity index (χ3v) is 8.39. The monoisotopic (exact) mass is 481 g/mol. The maximum atomic E-state index is 12.7. The number of carbonyl (C=O) groups is 1. The van der Waals surface area contributed by atoms with Gasteiger partial charge in [-0.2, -0.15) is 0 Å². The summed E-state index contributed by atoms with van der Waals surface area (Å²) in [6.45, 7) is 0. The highest BCUT2D eigenvalue weighted by Crippen LogP contribution is 2.64. The first kappa shape index (κ1) is 17.2. The van der Waals surface area contributed by atoms with Crippen LogP contribution >= 0.6 is 31.9 Å². The summed E-state index contributed by atoms with van der Waals surface area (Å²) in [6.07, 6.45) is 5.94. The number of alkyl halides is 1. The second-order valence-corrected chi connectivity index (χ2v) is 10.2. The molecule has 0 bridgehead atoms. The molecule has 138 valence electrons. The molecule has 3 aliphatic heterocycles. The molecule has 0 unspecified atom stereocenters. The standard InChI is InChI=1S/C19H21Br2N3O2/c1-26-15(25)14-10-19(21)12-9-11(20)5-6-13(12)23-16(22)18(24(14)17(19)23)7-3-2-4-8-18/h5-6,9,14,17,22H,2-4,7-8,10H2,1H3/t14-,17-,19+/m0/s1. The number of ether oxygens (including phenoxy) is 1. The van der Waals surface area contributed by atoms with E-state index in [0.29, 0.717) is 12.3 Å². The van der Waals surface area contributed by atoms with Crippen molar-refractivity contribution < 1.29 is 9.53 Å². The summed E-state index contributed by atoms with van der Waals surface area (Å²) in [6, 6.07) is 5.95. The zero-order chi connectivity index (χ0) is 18.3. The Labute approximate surface area is 169 Å². The maximum absolute atomic E-state index is 12.7. The molecule has 1 aromatic carbocycles. The first-order chi connectivity index (χ1) is 12.4. The van der Waals surface area contributed by atoms with E-state index in [0.717, 1.165) is 41.4 Å². The molecular formula is C19H21Br2N3O2. The van der Waals surface area contributed by atoms with Gasteiger partial charge in [-0.25, -0.2) is 0 Å². The van der Waals surface area contributed by atoms with Crippen LogP contribution < -0.4 is 4.90 Å². The van der Waals surface area contributed by atoms with Crippen LogP contribution in [0.4, 0.5) is 5.69 Å². The summed E-state index contributed by atoms with van der Waals surface area (Å²) < 4.78 is 5.83. The molecule has 0 aromatic heterocycles. The Balaban J connectivity index is 1.73. The van der Waals surface area contributed by atoms with Crippen molar-refractivity contribution in [2.45, 2.75) is 60.6 Å². The number of methoxy groups -OCH3 is 1. The van der Waals surface area contributed by atoms with Crippen molar-refractivity contribution >= 4 is 49.4 Å². The van der Waals surface area contributed by atoms with Crippen LogP contribution in [0, 0.1) is 5.41 Å². The number of halogens is 2. The molecule has 1 N–H and O–H groups in total. The topological polar surface area (TPSA) is 56.6 Å². The predicted octanol–water partition coefficient (Wildman–Crippen LogP) is 4.13. The molecule has 3 atom stereocenters. The fraction of sp³-hybridized carbons (Fsp3) is 0.579. The van der Waals surface area contributed by atoms with E-state index >= 15 is 0 Å². The Morgan fingerprint density at radius 3 is 2.73 bits per heavy atom. The molecular weight excluding hydrogens is 462 g/mol. The molecule has 3 fully saturated rings. The SMILES string of the molecule is COC(=O)[C@@H]1C[C@@]2(Br)c3cc(Br)ccc3N3C(=N)C4(CCCCC4)N1[C@H]32. The van der Waals surface area contributed by atoms with Crippen LogP contribution in [0.3, 0.4) is 0 Å². The number of carbonyl (C=O) groups excluding carboxylic acids is 1. The van der Waals surface area contributed by atoms with E-state index in [2.05, 4.69) is 53.8 Å². The number of esters is 1. The third-order valence-electron chi connectivity index (χ3n) is 6.74. The number of nitrogens with zero attached hydrogens (tertiary/aromatic N) is 2. The molecule has 7 heteroatoms. The normalized spacial score (nSPS) is 34.3. The largest absolute Gasteiger partial charge is 0.468 e. The predicted molar refractivity (Wildman–Crippen MR) is 107 cm³/mol. The van der Waals surface area contributed by atoms with Crippen molar-refractivity contribution in [2.24, 2.45) is 0 Å². The average molecular weight is 483 g/mol. The van der Waals surface area contributed by atoms with E-state index in [1.54, 1.807) is 0 Å². The minimum Gasteiger partial charge on any atom is -0.468 e. The summed E-state index contributed by atoms with van der Waals surface area (Å²) in [4.78, 5) is 17.2. The van der Waals surface area contributed by atoms with Gasteiger partial charge in [0.1, 0.15) is 18.0 Å². The Bertz CT molecular complexity index is 823. The number of anilines is 1. The average Bonchev–Trinajstić information content (AvgIpc) is 3.18. The van der Waals surface area contributed by atoms with Gasteiger partial charge >= 0.3 is 5.97 Å². The number of rotatable bonds is 1. The van der Waals surface area contributed by atoms with Crippen LogP contribution in [0.25, 0.3) is 0 Å². The second-order valence-electron chi connectivity index (χ2n) is 7.86. The van der Waals surface area contributed by atoms with Crippen molar-refractivity contribution in [1.29, 1.82) is 5.41 Å². The van der Waals surface area contributed by atoms with Crippen LogP contribution in [0.1, 0.15) is 44.1 Å².